The van der Waals surface area contributed by atoms with Gasteiger partial charge in [0.25, 0.3) is 11.8 Å². The molecule has 1 heterocycles. The molecule has 2 N–H and O–H groups in total. The molecule has 6 heteroatoms. The standard InChI is InChI=1S/C6H10N2O4/c1-11-5-3(9)8-6(12-2)4(10)7-5/h5-6H,1-2H3,(H,7,10)(H,8,9)/t5-,6-/m0/s1. The van der Waals surface area contributed by atoms with Crippen LogP contribution in [0.1, 0.15) is 0 Å². The molecule has 68 valence electrons. The Balaban J connectivity index is 2.61. The third kappa shape index (κ3) is 1.54. The van der Waals surface area contributed by atoms with Gasteiger partial charge in [0.1, 0.15) is 0 Å². The van der Waals surface area contributed by atoms with Crippen LogP contribution in [0.25, 0.3) is 0 Å². The van der Waals surface area contributed by atoms with Gasteiger partial charge in [-0.3, -0.25) is 9.59 Å². The highest BCUT2D eigenvalue weighted by atomic mass is 16.5. The van der Waals surface area contributed by atoms with Crippen LogP contribution in [-0.2, 0) is 19.1 Å². The molecule has 0 bridgehead atoms. The summed E-state index contributed by atoms with van der Waals surface area (Å²) >= 11 is 0. The first-order chi connectivity index (χ1) is 5.69. The van der Waals surface area contributed by atoms with Crippen molar-refractivity contribution >= 4 is 11.8 Å². The van der Waals surface area contributed by atoms with Crippen LogP contribution in [0.2, 0.25) is 0 Å². The summed E-state index contributed by atoms with van der Waals surface area (Å²) in [5.74, 6) is -0.826. The van der Waals surface area contributed by atoms with Crippen molar-refractivity contribution in [3.8, 4) is 0 Å². The highest BCUT2D eigenvalue weighted by Gasteiger charge is 2.33. The van der Waals surface area contributed by atoms with Gasteiger partial charge in [-0.25, -0.2) is 0 Å². The van der Waals surface area contributed by atoms with Crippen molar-refractivity contribution in [3.05, 3.63) is 0 Å². The monoisotopic (exact) mass is 174 g/mol. The first-order valence-electron chi connectivity index (χ1n) is 3.35. The second-order valence-electron chi connectivity index (χ2n) is 2.25. The molecule has 0 aromatic heterocycles. The van der Waals surface area contributed by atoms with Crippen LogP contribution in [0.5, 0.6) is 0 Å². The molecule has 0 aromatic rings. The minimum absolute atomic E-state index is 0.413. The Hall–Kier alpha value is -1.14. The van der Waals surface area contributed by atoms with Crippen LogP contribution >= 0.6 is 0 Å². The van der Waals surface area contributed by atoms with E-state index in [2.05, 4.69) is 20.1 Å². The molecule has 0 saturated carbocycles. The van der Waals surface area contributed by atoms with E-state index in [0.717, 1.165) is 0 Å². The van der Waals surface area contributed by atoms with E-state index in [9.17, 15) is 9.59 Å². The number of methoxy groups -OCH3 is 2. The van der Waals surface area contributed by atoms with Gasteiger partial charge in [0.15, 0.2) is 0 Å². The topological polar surface area (TPSA) is 76.7 Å². The summed E-state index contributed by atoms with van der Waals surface area (Å²) in [6.07, 6.45) is -1.83. The number of piperazine rings is 1. The van der Waals surface area contributed by atoms with Gasteiger partial charge in [-0.15, -0.1) is 0 Å². The zero-order chi connectivity index (χ0) is 9.14. The van der Waals surface area contributed by atoms with Crippen molar-refractivity contribution < 1.29 is 19.1 Å². The van der Waals surface area contributed by atoms with E-state index in [1.165, 1.54) is 14.2 Å². The zero-order valence-electron chi connectivity index (χ0n) is 6.79. The van der Waals surface area contributed by atoms with Crippen molar-refractivity contribution in [3.63, 3.8) is 0 Å². The van der Waals surface area contributed by atoms with Crippen LogP contribution in [0.15, 0.2) is 0 Å². The number of amides is 2. The molecule has 1 fully saturated rings. The summed E-state index contributed by atoms with van der Waals surface area (Å²) in [4.78, 5) is 22.0. The SMILES string of the molecule is CO[C@@H]1NC(=O)[C@H](OC)NC1=O. The largest absolute Gasteiger partial charge is 0.353 e. The average molecular weight is 174 g/mol. The highest BCUT2D eigenvalue weighted by Crippen LogP contribution is 1.97. The lowest BCUT2D eigenvalue weighted by atomic mass is 10.3. The molecule has 1 saturated heterocycles. The van der Waals surface area contributed by atoms with Crippen LogP contribution in [0, 0.1) is 0 Å². The summed E-state index contributed by atoms with van der Waals surface area (Å²) in [5.41, 5.74) is 0. The van der Waals surface area contributed by atoms with E-state index in [1.54, 1.807) is 0 Å². The second-order valence-corrected chi connectivity index (χ2v) is 2.25. The van der Waals surface area contributed by atoms with Gasteiger partial charge in [-0.05, 0) is 0 Å². The molecule has 2 atom stereocenters. The van der Waals surface area contributed by atoms with Crippen LogP contribution in [0.3, 0.4) is 0 Å². The third-order valence-electron chi connectivity index (χ3n) is 1.49. The lowest BCUT2D eigenvalue weighted by Gasteiger charge is -2.27. The number of carbonyl (C=O) groups excluding carboxylic acids is 2. The maximum Gasteiger partial charge on any atom is 0.272 e. The number of rotatable bonds is 2. The number of carbonyl (C=O) groups is 2. The zero-order valence-corrected chi connectivity index (χ0v) is 6.79. The van der Waals surface area contributed by atoms with Crippen molar-refractivity contribution in [2.24, 2.45) is 0 Å². The van der Waals surface area contributed by atoms with E-state index in [-0.39, 0.29) is 0 Å². The second kappa shape index (κ2) is 3.51. The molecule has 6 nitrogen and oxygen atoms in total. The fraction of sp³-hybridized carbons (Fsp3) is 0.667. The summed E-state index contributed by atoms with van der Waals surface area (Å²) in [5, 5.41) is 4.64. The molecule has 0 unspecified atom stereocenters. The summed E-state index contributed by atoms with van der Waals surface area (Å²) in [7, 11) is 2.66. The first kappa shape index (κ1) is 8.95. The van der Waals surface area contributed by atoms with Crippen molar-refractivity contribution in [1.82, 2.24) is 10.6 Å². The number of ether oxygens (including phenoxy) is 2. The van der Waals surface area contributed by atoms with Crippen molar-refractivity contribution in [1.29, 1.82) is 0 Å². The number of hydrogen-bond acceptors (Lipinski definition) is 4. The van der Waals surface area contributed by atoms with Crippen LogP contribution < -0.4 is 10.6 Å². The molecule has 0 spiro atoms. The molecule has 1 aliphatic rings. The molecule has 12 heavy (non-hydrogen) atoms. The Kier molecular flexibility index (Phi) is 2.61. The van der Waals surface area contributed by atoms with Crippen LogP contribution in [-0.4, -0.2) is 38.5 Å². The van der Waals surface area contributed by atoms with Gasteiger partial charge in [0.2, 0.25) is 12.5 Å². The molecule has 0 aromatic carbocycles. The van der Waals surface area contributed by atoms with Gasteiger partial charge < -0.3 is 20.1 Å². The van der Waals surface area contributed by atoms with Gasteiger partial charge in [0.05, 0.1) is 0 Å². The van der Waals surface area contributed by atoms with Crippen molar-refractivity contribution in [2.45, 2.75) is 12.5 Å². The van der Waals surface area contributed by atoms with E-state index in [4.69, 9.17) is 0 Å². The third-order valence-corrected chi connectivity index (χ3v) is 1.49. The number of nitrogens with one attached hydrogen (secondary N) is 2. The molecule has 2 amide bonds. The van der Waals surface area contributed by atoms with E-state index in [0.29, 0.717) is 0 Å². The maximum absolute atomic E-state index is 11.0. The van der Waals surface area contributed by atoms with E-state index >= 15 is 0 Å². The summed E-state index contributed by atoms with van der Waals surface area (Å²) in [6.45, 7) is 0. The summed E-state index contributed by atoms with van der Waals surface area (Å²) < 4.78 is 9.33. The van der Waals surface area contributed by atoms with Gasteiger partial charge in [-0.2, -0.15) is 0 Å². The fourth-order valence-electron chi connectivity index (χ4n) is 0.873. The van der Waals surface area contributed by atoms with E-state index < -0.39 is 24.3 Å². The molecular formula is C6H10N2O4. The van der Waals surface area contributed by atoms with Crippen LogP contribution in [0.4, 0.5) is 0 Å². The molecule has 1 aliphatic heterocycles. The minimum Gasteiger partial charge on any atom is -0.353 e. The van der Waals surface area contributed by atoms with Crippen molar-refractivity contribution in [2.75, 3.05) is 14.2 Å². The quantitative estimate of drug-likeness (QED) is 0.516. The van der Waals surface area contributed by atoms with Gasteiger partial charge >= 0.3 is 0 Å². The number of hydrogen-bond donors (Lipinski definition) is 2. The fourth-order valence-corrected chi connectivity index (χ4v) is 0.873. The minimum atomic E-state index is -0.913. The van der Waals surface area contributed by atoms with Gasteiger partial charge in [0, 0.05) is 14.2 Å². The smallest absolute Gasteiger partial charge is 0.272 e. The highest BCUT2D eigenvalue weighted by molar-refractivity contribution is 5.95. The predicted octanol–water partition coefficient (Wildman–Crippen LogP) is -1.82. The Labute approximate surface area is 69.2 Å². The summed E-state index contributed by atoms with van der Waals surface area (Å²) in [6, 6.07) is 0. The Bertz CT molecular complexity index is 184. The maximum atomic E-state index is 11.0. The predicted molar refractivity (Wildman–Crippen MR) is 37.9 cm³/mol. The lowest BCUT2D eigenvalue weighted by Crippen LogP contribution is -2.62. The molecular weight excluding hydrogens is 164 g/mol. The molecule has 0 aliphatic carbocycles. The average Bonchev–Trinajstić information content (AvgIpc) is 2.08. The normalized spacial score (nSPS) is 29.5. The Morgan fingerprint density at radius 3 is 1.58 bits per heavy atom. The van der Waals surface area contributed by atoms with E-state index in [1.807, 2.05) is 0 Å². The lowest BCUT2D eigenvalue weighted by molar-refractivity contribution is -0.156. The van der Waals surface area contributed by atoms with Gasteiger partial charge in [-0.1, -0.05) is 0 Å². The molecule has 0 radical (unpaired) electrons. The first-order valence-corrected chi connectivity index (χ1v) is 3.35. The Morgan fingerprint density at radius 1 is 1.00 bits per heavy atom. The molecule has 1 rings (SSSR count). The Morgan fingerprint density at radius 2 is 1.33 bits per heavy atom.